The number of pyridine rings is 1. The molecule has 0 unspecified atom stereocenters. The average Bonchev–Trinajstić information content (AvgIpc) is 3.02. The molecule has 1 aromatic carbocycles. The molecule has 0 aliphatic heterocycles. The van der Waals surface area contributed by atoms with E-state index in [0.717, 1.165) is 17.3 Å². The van der Waals surface area contributed by atoms with Crippen molar-refractivity contribution < 1.29 is 4.92 Å². The Morgan fingerprint density at radius 3 is 2.78 bits per heavy atom. The highest BCUT2D eigenvalue weighted by atomic mass is 32.2. The normalized spacial score (nSPS) is 10.4. The molecule has 0 aliphatic rings. The van der Waals surface area contributed by atoms with Crippen LogP contribution in [0.15, 0.2) is 58.0 Å². The number of anilines is 1. The molecule has 0 amide bonds. The number of nitrogens with one attached hydrogen (secondary N) is 1. The molecule has 23 heavy (non-hydrogen) atoms. The molecule has 2 heterocycles. The van der Waals surface area contributed by atoms with Gasteiger partial charge >= 0.3 is 5.69 Å². The van der Waals surface area contributed by atoms with E-state index in [4.69, 9.17) is 0 Å². The van der Waals surface area contributed by atoms with Gasteiger partial charge in [-0.3, -0.25) is 10.1 Å². The Bertz CT molecular complexity index is 810. The maximum Gasteiger partial charge on any atom is 0.301 e. The number of benzene rings is 1. The lowest BCUT2D eigenvalue weighted by atomic mass is 10.2. The summed E-state index contributed by atoms with van der Waals surface area (Å²) in [5.74, 6) is 0. The number of hydrogen-bond donors (Lipinski definition) is 1. The number of nitrogens with zero attached hydrogens (tertiary/aromatic N) is 4. The average molecular weight is 345 g/mol. The molecular weight excluding hydrogens is 334 g/mol. The van der Waals surface area contributed by atoms with Crippen LogP contribution in [0.5, 0.6) is 0 Å². The quantitative estimate of drug-likeness (QED) is 0.539. The smallest absolute Gasteiger partial charge is 0.301 e. The molecule has 0 spiro atoms. The van der Waals surface area contributed by atoms with Gasteiger partial charge < -0.3 is 5.32 Å². The summed E-state index contributed by atoms with van der Waals surface area (Å²) in [5, 5.41) is 23.2. The molecule has 2 aromatic heterocycles. The lowest BCUT2D eigenvalue weighted by Crippen LogP contribution is -1.98. The second-order valence-electron chi connectivity index (χ2n) is 4.40. The first-order chi connectivity index (χ1) is 11.2. The van der Waals surface area contributed by atoms with Crippen molar-refractivity contribution in [3.63, 3.8) is 0 Å². The molecule has 0 aliphatic carbocycles. The van der Waals surface area contributed by atoms with E-state index in [-0.39, 0.29) is 5.69 Å². The van der Waals surface area contributed by atoms with Gasteiger partial charge in [0.25, 0.3) is 0 Å². The molecule has 116 valence electrons. The summed E-state index contributed by atoms with van der Waals surface area (Å²) in [6, 6.07) is 12.9. The third-order valence-electron chi connectivity index (χ3n) is 2.82. The highest BCUT2D eigenvalue weighted by Gasteiger charge is 2.17. The van der Waals surface area contributed by atoms with Crippen LogP contribution in [0, 0.1) is 10.1 Å². The van der Waals surface area contributed by atoms with E-state index in [0.29, 0.717) is 21.0 Å². The second kappa shape index (κ2) is 7.16. The minimum absolute atomic E-state index is 0.0357. The zero-order valence-corrected chi connectivity index (χ0v) is 13.4. The summed E-state index contributed by atoms with van der Waals surface area (Å²) >= 11 is 2.47. The Balaban J connectivity index is 1.67. The summed E-state index contributed by atoms with van der Waals surface area (Å²) in [6.45, 7) is 0.643. The van der Waals surface area contributed by atoms with Gasteiger partial charge in [0.05, 0.1) is 4.92 Å². The Morgan fingerprint density at radius 2 is 2.00 bits per heavy atom. The maximum absolute atomic E-state index is 11.0. The van der Waals surface area contributed by atoms with Gasteiger partial charge in [0.1, 0.15) is 0 Å². The van der Waals surface area contributed by atoms with Crippen LogP contribution in [0.2, 0.25) is 0 Å². The molecule has 0 saturated heterocycles. The third kappa shape index (κ3) is 4.02. The molecule has 9 heteroatoms. The van der Waals surface area contributed by atoms with Gasteiger partial charge in [-0.25, -0.2) is 4.98 Å². The van der Waals surface area contributed by atoms with Crippen molar-refractivity contribution in [2.24, 2.45) is 0 Å². The largest absolute Gasteiger partial charge is 0.356 e. The Labute approximate surface area is 140 Å². The van der Waals surface area contributed by atoms with Crippen LogP contribution in [0.25, 0.3) is 0 Å². The molecule has 1 N–H and O–H groups in total. The second-order valence-corrected chi connectivity index (χ2v) is 6.61. The monoisotopic (exact) mass is 345 g/mol. The molecule has 0 fully saturated rings. The molecule has 7 nitrogen and oxygen atoms in total. The van der Waals surface area contributed by atoms with Crippen LogP contribution in [0.1, 0.15) is 5.56 Å². The maximum atomic E-state index is 11.0. The SMILES string of the molecule is O=[N+]([O-])c1cccnc1Sc1nnc(NCc2ccccc2)s1. The van der Waals surface area contributed by atoms with Gasteiger partial charge in [-0.1, -0.05) is 41.7 Å². The first kappa shape index (κ1) is 15.4. The highest BCUT2D eigenvalue weighted by Crippen LogP contribution is 2.35. The topological polar surface area (TPSA) is 93.8 Å². The summed E-state index contributed by atoms with van der Waals surface area (Å²) < 4.78 is 0.599. The third-order valence-corrected chi connectivity index (χ3v) is 4.76. The molecule has 3 aromatic rings. The summed E-state index contributed by atoms with van der Waals surface area (Å²) in [7, 11) is 0. The lowest BCUT2D eigenvalue weighted by molar-refractivity contribution is -0.388. The van der Waals surface area contributed by atoms with E-state index < -0.39 is 4.92 Å². The predicted octanol–water partition coefficient (Wildman–Crippen LogP) is 3.60. The molecular formula is C14H11N5O2S2. The standard InChI is InChI=1S/C14H11N5O2S2/c20-19(21)11-7-4-8-15-12(11)22-14-18-17-13(23-14)16-9-10-5-2-1-3-6-10/h1-8H,9H2,(H,16,17). The van der Waals surface area contributed by atoms with Crippen molar-refractivity contribution in [1.29, 1.82) is 0 Å². The number of nitro groups is 1. The van der Waals surface area contributed by atoms with Crippen molar-refractivity contribution in [2.45, 2.75) is 15.9 Å². The molecule has 3 rings (SSSR count). The van der Waals surface area contributed by atoms with Gasteiger partial charge in [0.2, 0.25) is 5.13 Å². The van der Waals surface area contributed by atoms with E-state index in [2.05, 4.69) is 20.5 Å². The van der Waals surface area contributed by atoms with E-state index in [9.17, 15) is 10.1 Å². The van der Waals surface area contributed by atoms with Crippen LogP contribution < -0.4 is 5.32 Å². The first-order valence-corrected chi connectivity index (χ1v) is 8.24. The minimum Gasteiger partial charge on any atom is -0.356 e. The van der Waals surface area contributed by atoms with Crippen LogP contribution in [-0.2, 0) is 6.54 Å². The summed E-state index contributed by atoms with van der Waals surface area (Å²) in [4.78, 5) is 14.6. The number of rotatable bonds is 6. The fourth-order valence-corrected chi connectivity index (χ4v) is 3.50. The van der Waals surface area contributed by atoms with Crippen molar-refractivity contribution in [3.05, 3.63) is 64.3 Å². The number of hydrogen-bond acceptors (Lipinski definition) is 8. The van der Waals surface area contributed by atoms with Crippen LogP contribution in [0.4, 0.5) is 10.8 Å². The number of aromatic nitrogens is 3. The van der Waals surface area contributed by atoms with E-state index in [1.54, 1.807) is 0 Å². The fourth-order valence-electron chi connectivity index (χ4n) is 1.78. The fraction of sp³-hybridized carbons (Fsp3) is 0.0714. The predicted molar refractivity (Wildman–Crippen MR) is 88.7 cm³/mol. The molecule has 0 radical (unpaired) electrons. The van der Waals surface area contributed by atoms with Gasteiger partial charge in [-0.2, -0.15) is 0 Å². The van der Waals surface area contributed by atoms with Crippen molar-refractivity contribution >= 4 is 33.9 Å². The van der Waals surface area contributed by atoms with E-state index in [1.807, 2.05) is 30.3 Å². The minimum atomic E-state index is -0.453. The zero-order chi connectivity index (χ0) is 16.1. The molecule has 0 saturated carbocycles. The van der Waals surface area contributed by atoms with Crippen molar-refractivity contribution in [1.82, 2.24) is 15.2 Å². The van der Waals surface area contributed by atoms with Crippen LogP contribution >= 0.6 is 23.1 Å². The van der Waals surface area contributed by atoms with Gasteiger partial charge in [0.15, 0.2) is 9.37 Å². The zero-order valence-electron chi connectivity index (χ0n) is 11.7. The summed E-state index contributed by atoms with van der Waals surface area (Å²) in [6.07, 6.45) is 1.52. The molecule has 0 bridgehead atoms. The van der Waals surface area contributed by atoms with Gasteiger partial charge in [-0.05, 0) is 23.4 Å². The van der Waals surface area contributed by atoms with Crippen molar-refractivity contribution in [3.8, 4) is 0 Å². The van der Waals surface area contributed by atoms with Crippen LogP contribution in [0.3, 0.4) is 0 Å². The highest BCUT2D eigenvalue weighted by molar-refractivity contribution is 8.01. The lowest BCUT2D eigenvalue weighted by Gasteiger charge is -2.01. The van der Waals surface area contributed by atoms with E-state index >= 15 is 0 Å². The Kier molecular flexibility index (Phi) is 4.79. The van der Waals surface area contributed by atoms with Crippen LogP contribution in [-0.4, -0.2) is 20.1 Å². The van der Waals surface area contributed by atoms with E-state index in [1.165, 1.54) is 29.7 Å². The summed E-state index contributed by atoms with van der Waals surface area (Å²) in [5.41, 5.74) is 1.10. The first-order valence-electron chi connectivity index (χ1n) is 6.61. The van der Waals surface area contributed by atoms with Gasteiger partial charge in [-0.15, -0.1) is 10.2 Å². The Morgan fingerprint density at radius 1 is 1.17 bits per heavy atom. The Hall–Kier alpha value is -2.52. The van der Waals surface area contributed by atoms with Gasteiger partial charge in [0, 0.05) is 18.8 Å². The van der Waals surface area contributed by atoms with Crippen molar-refractivity contribution in [2.75, 3.05) is 5.32 Å². The molecule has 0 atom stereocenters.